The number of hydrogen-bond acceptors (Lipinski definition) is 6. The first-order valence-electron chi connectivity index (χ1n) is 6.98. The molecule has 0 aromatic carbocycles. The van der Waals surface area contributed by atoms with Crippen LogP contribution in [0.25, 0.3) is 5.65 Å². The molecule has 2 atom stereocenters. The Balaban J connectivity index is 1.93. The summed E-state index contributed by atoms with van der Waals surface area (Å²) in [7, 11) is 0. The van der Waals surface area contributed by atoms with Gasteiger partial charge in [0, 0.05) is 25.1 Å². The molecule has 0 radical (unpaired) electrons. The average molecular weight is 291 g/mol. The molecule has 1 aliphatic heterocycles. The molecule has 2 unspecified atom stereocenters. The van der Waals surface area contributed by atoms with Crippen LogP contribution in [-0.4, -0.2) is 43.8 Å². The van der Waals surface area contributed by atoms with E-state index >= 15 is 0 Å². The summed E-state index contributed by atoms with van der Waals surface area (Å²) >= 11 is 0. The van der Waals surface area contributed by atoms with Crippen LogP contribution in [0.15, 0.2) is 18.3 Å². The SMILES string of the molecule is CC(O)C1CCCN(c2ccc3ncc([N+](=O)[O-])n3n2)C1. The largest absolute Gasteiger partial charge is 0.393 e. The Hall–Kier alpha value is -2.22. The van der Waals surface area contributed by atoms with Crippen LogP contribution in [-0.2, 0) is 0 Å². The Morgan fingerprint density at radius 2 is 2.33 bits per heavy atom. The van der Waals surface area contributed by atoms with Gasteiger partial charge in [-0.25, -0.2) is 4.98 Å². The highest BCUT2D eigenvalue weighted by atomic mass is 16.6. The summed E-state index contributed by atoms with van der Waals surface area (Å²) in [5, 5.41) is 25.0. The molecule has 0 spiro atoms. The van der Waals surface area contributed by atoms with Crippen molar-refractivity contribution in [2.75, 3.05) is 18.0 Å². The highest BCUT2D eigenvalue weighted by Gasteiger charge is 2.26. The Morgan fingerprint density at radius 1 is 1.52 bits per heavy atom. The van der Waals surface area contributed by atoms with E-state index in [1.165, 1.54) is 10.7 Å². The molecule has 2 aromatic rings. The summed E-state index contributed by atoms with van der Waals surface area (Å²) in [6.45, 7) is 3.34. The molecule has 1 saturated heterocycles. The zero-order chi connectivity index (χ0) is 15.0. The van der Waals surface area contributed by atoms with Gasteiger partial charge in [0.2, 0.25) is 5.65 Å². The molecule has 0 bridgehead atoms. The third-order valence-corrected chi connectivity index (χ3v) is 3.98. The highest BCUT2D eigenvalue weighted by molar-refractivity contribution is 5.49. The van der Waals surface area contributed by atoms with E-state index in [-0.39, 0.29) is 17.8 Å². The van der Waals surface area contributed by atoms with E-state index < -0.39 is 4.92 Å². The lowest BCUT2D eigenvalue weighted by Gasteiger charge is -2.34. The van der Waals surface area contributed by atoms with Crippen molar-refractivity contribution in [2.45, 2.75) is 25.9 Å². The number of fused-ring (bicyclic) bond motifs is 1. The van der Waals surface area contributed by atoms with Crippen LogP contribution in [0, 0.1) is 16.0 Å². The van der Waals surface area contributed by atoms with Crippen LogP contribution >= 0.6 is 0 Å². The molecule has 21 heavy (non-hydrogen) atoms. The monoisotopic (exact) mass is 291 g/mol. The number of nitro groups is 1. The standard InChI is InChI=1S/C13H17N5O3/c1-9(19)10-3-2-6-16(8-10)12-5-4-11-14-7-13(18(20)21)17(11)15-12/h4-5,7,9-10,19H,2-3,6,8H2,1H3. The summed E-state index contributed by atoms with van der Waals surface area (Å²) in [6.07, 6.45) is 2.81. The second-order valence-corrected chi connectivity index (χ2v) is 5.42. The van der Waals surface area contributed by atoms with Crippen molar-refractivity contribution in [3.05, 3.63) is 28.4 Å². The van der Waals surface area contributed by atoms with Crippen molar-refractivity contribution in [2.24, 2.45) is 5.92 Å². The zero-order valence-corrected chi connectivity index (χ0v) is 11.7. The fourth-order valence-electron chi connectivity index (χ4n) is 2.76. The van der Waals surface area contributed by atoms with Crippen molar-refractivity contribution in [1.82, 2.24) is 14.6 Å². The van der Waals surface area contributed by atoms with E-state index in [2.05, 4.69) is 15.0 Å². The van der Waals surface area contributed by atoms with Crippen LogP contribution in [0.3, 0.4) is 0 Å². The first-order chi connectivity index (χ1) is 10.1. The summed E-state index contributed by atoms with van der Waals surface area (Å²) < 4.78 is 1.25. The van der Waals surface area contributed by atoms with E-state index in [0.29, 0.717) is 18.0 Å². The third-order valence-electron chi connectivity index (χ3n) is 3.98. The highest BCUT2D eigenvalue weighted by Crippen LogP contribution is 2.24. The van der Waals surface area contributed by atoms with Gasteiger partial charge in [-0.3, -0.25) is 0 Å². The van der Waals surface area contributed by atoms with Gasteiger partial charge in [-0.05, 0) is 30.8 Å². The molecular weight excluding hydrogens is 274 g/mol. The van der Waals surface area contributed by atoms with Crippen molar-refractivity contribution in [3.63, 3.8) is 0 Å². The van der Waals surface area contributed by atoms with E-state index in [4.69, 9.17) is 0 Å². The minimum Gasteiger partial charge on any atom is -0.393 e. The van der Waals surface area contributed by atoms with Crippen LogP contribution in [0.1, 0.15) is 19.8 Å². The van der Waals surface area contributed by atoms with E-state index in [1.54, 1.807) is 13.0 Å². The smallest absolute Gasteiger partial charge is 0.368 e. The first kappa shape index (κ1) is 13.7. The van der Waals surface area contributed by atoms with Gasteiger partial charge in [0.05, 0.1) is 6.10 Å². The second kappa shape index (κ2) is 5.28. The molecule has 1 aliphatic rings. The first-order valence-corrected chi connectivity index (χ1v) is 6.98. The van der Waals surface area contributed by atoms with Crippen molar-refractivity contribution >= 4 is 17.3 Å². The van der Waals surface area contributed by atoms with Gasteiger partial charge in [-0.15, -0.1) is 0 Å². The number of anilines is 1. The van der Waals surface area contributed by atoms with Crippen LogP contribution in [0.4, 0.5) is 11.6 Å². The van der Waals surface area contributed by atoms with Crippen molar-refractivity contribution < 1.29 is 10.0 Å². The van der Waals surface area contributed by atoms with Crippen molar-refractivity contribution in [1.29, 1.82) is 0 Å². The van der Waals surface area contributed by atoms with Gasteiger partial charge in [-0.1, -0.05) is 9.61 Å². The van der Waals surface area contributed by atoms with Crippen LogP contribution in [0.5, 0.6) is 0 Å². The molecule has 0 aliphatic carbocycles. The minimum atomic E-state index is -0.494. The van der Waals surface area contributed by atoms with Crippen LogP contribution in [0.2, 0.25) is 0 Å². The molecule has 8 heteroatoms. The van der Waals surface area contributed by atoms with E-state index in [0.717, 1.165) is 19.4 Å². The maximum Gasteiger partial charge on any atom is 0.368 e. The van der Waals surface area contributed by atoms with Gasteiger partial charge in [0.25, 0.3) is 0 Å². The molecule has 0 saturated carbocycles. The van der Waals surface area contributed by atoms with E-state index in [9.17, 15) is 15.2 Å². The number of piperidine rings is 1. The van der Waals surface area contributed by atoms with Gasteiger partial charge in [0.15, 0.2) is 5.82 Å². The topological polar surface area (TPSA) is 96.8 Å². The number of rotatable bonds is 3. The quantitative estimate of drug-likeness (QED) is 0.675. The van der Waals surface area contributed by atoms with Gasteiger partial charge < -0.3 is 20.1 Å². The molecule has 2 aromatic heterocycles. The second-order valence-electron chi connectivity index (χ2n) is 5.42. The molecular formula is C13H17N5O3. The number of aliphatic hydroxyl groups is 1. The van der Waals surface area contributed by atoms with Gasteiger partial charge in [0.1, 0.15) is 6.20 Å². The number of aliphatic hydroxyl groups excluding tert-OH is 1. The Bertz CT molecular complexity index is 669. The fourth-order valence-corrected chi connectivity index (χ4v) is 2.76. The molecule has 8 nitrogen and oxygen atoms in total. The van der Waals surface area contributed by atoms with Gasteiger partial charge in [-0.2, -0.15) is 0 Å². The number of hydrogen-bond donors (Lipinski definition) is 1. The summed E-state index contributed by atoms with van der Waals surface area (Å²) in [5.74, 6) is 0.735. The Kier molecular flexibility index (Phi) is 3.46. The molecule has 3 heterocycles. The lowest BCUT2D eigenvalue weighted by molar-refractivity contribution is -0.391. The minimum absolute atomic E-state index is 0.143. The fraction of sp³-hybridized carbons (Fsp3) is 0.538. The molecule has 112 valence electrons. The third kappa shape index (κ3) is 2.54. The lowest BCUT2D eigenvalue weighted by Crippen LogP contribution is -2.40. The Labute approximate surface area is 121 Å². The maximum atomic E-state index is 11.0. The zero-order valence-electron chi connectivity index (χ0n) is 11.7. The lowest BCUT2D eigenvalue weighted by atomic mass is 9.93. The number of nitrogens with zero attached hydrogens (tertiary/aromatic N) is 5. The van der Waals surface area contributed by atoms with Crippen LogP contribution < -0.4 is 4.90 Å². The predicted molar refractivity (Wildman–Crippen MR) is 76.3 cm³/mol. The average Bonchev–Trinajstić information content (AvgIpc) is 2.90. The van der Waals surface area contributed by atoms with Gasteiger partial charge >= 0.3 is 5.82 Å². The maximum absolute atomic E-state index is 11.0. The van der Waals surface area contributed by atoms with Crippen molar-refractivity contribution in [3.8, 4) is 0 Å². The summed E-state index contributed by atoms with van der Waals surface area (Å²) in [5.41, 5.74) is 0.453. The molecule has 1 N–H and O–H groups in total. The summed E-state index contributed by atoms with van der Waals surface area (Å²) in [6, 6.07) is 3.54. The number of aromatic nitrogens is 3. The predicted octanol–water partition coefficient (Wildman–Crippen LogP) is 1.23. The molecule has 0 amide bonds. The van der Waals surface area contributed by atoms with E-state index in [1.807, 2.05) is 6.07 Å². The normalized spacial score (nSPS) is 20.7. The Morgan fingerprint density at radius 3 is 3.05 bits per heavy atom. The number of imidazole rings is 1. The summed E-state index contributed by atoms with van der Waals surface area (Å²) in [4.78, 5) is 16.5. The molecule has 1 fully saturated rings. The molecule has 3 rings (SSSR count).